The number of esters is 2. The fourth-order valence-electron chi connectivity index (χ4n) is 8.93. The number of aliphatic hydroxyl groups is 3. The lowest BCUT2D eigenvalue weighted by Crippen LogP contribution is -2.65. The molecule has 248 valence electrons. The third-order valence-corrected chi connectivity index (χ3v) is 11.5. The Morgan fingerprint density at radius 2 is 1.50 bits per heavy atom. The molecule has 0 heterocycles. The van der Waals surface area contributed by atoms with E-state index in [0.29, 0.717) is 17.6 Å². The highest BCUT2D eigenvalue weighted by Crippen LogP contribution is 2.75. The maximum atomic E-state index is 13.3. The molecule has 2 saturated carbocycles. The number of hydrogen-bond acceptors (Lipinski definition) is 8. The predicted octanol–water partition coefficient (Wildman–Crippen LogP) is 5.75. The van der Waals surface area contributed by atoms with E-state index in [2.05, 4.69) is 6.92 Å². The summed E-state index contributed by atoms with van der Waals surface area (Å²) < 4.78 is 11.3. The zero-order valence-electron chi connectivity index (χ0n) is 27.8. The molecule has 0 radical (unpaired) electrons. The van der Waals surface area contributed by atoms with Gasteiger partial charge in [-0.05, 0) is 24.5 Å². The van der Waals surface area contributed by atoms with Gasteiger partial charge in [0, 0.05) is 48.9 Å². The van der Waals surface area contributed by atoms with E-state index in [-0.39, 0.29) is 19.4 Å². The first kappa shape index (κ1) is 34.8. The molecule has 4 aliphatic rings. The van der Waals surface area contributed by atoms with Gasteiger partial charge in [-0.3, -0.25) is 14.4 Å². The molecule has 0 aromatic carbocycles. The minimum absolute atomic E-state index is 0.0992. The van der Waals surface area contributed by atoms with Gasteiger partial charge in [-0.1, -0.05) is 104 Å². The third-order valence-electron chi connectivity index (χ3n) is 11.5. The molecule has 8 nitrogen and oxygen atoms in total. The summed E-state index contributed by atoms with van der Waals surface area (Å²) in [6, 6.07) is 0. The standard InChI is InChI=1S/C36H56O8/c1-7-8-9-10-11-12-13-14-15-16-17-18-29(38)44-32-24(3)35(41)27(30-33(5,6)36(30,32)42)20-26(22-43-25(4)37)21-34(40)28(35)19-23(2)31(34)39/h19-20,24,27-28,30,32,40-42H,7-18,21-22H2,1-6H3/t24-,27+,28-,30-,32-,34-,35-,36-/m1/s1. The zero-order valence-corrected chi connectivity index (χ0v) is 27.8. The van der Waals surface area contributed by atoms with Crippen molar-refractivity contribution in [3.8, 4) is 0 Å². The second kappa shape index (κ2) is 13.4. The van der Waals surface area contributed by atoms with E-state index >= 15 is 0 Å². The monoisotopic (exact) mass is 616 g/mol. The minimum atomic E-state index is -1.94. The number of carbonyl (C=O) groups is 3. The summed E-state index contributed by atoms with van der Waals surface area (Å²) in [5.41, 5.74) is -4.88. The zero-order chi connectivity index (χ0) is 32.5. The van der Waals surface area contributed by atoms with Crippen LogP contribution < -0.4 is 0 Å². The Kier molecular flexibility index (Phi) is 10.6. The van der Waals surface area contributed by atoms with E-state index in [0.717, 1.165) is 19.3 Å². The van der Waals surface area contributed by atoms with Crippen molar-refractivity contribution in [2.45, 2.75) is 148 Å². The van der Waals surface area contributed by atoms with Crippen LogP contribution >= 0.6 is 0 Å². The Bertz CT molecular complexity index is 1150. The van der Waals surface area contributed by atoms with Crippen molar-refractivity contribution < 1.29 is 39.2 Å². The molecule has 0 aliphatic heterocycles. The number of hydrogen-bond donors (Lipinski definition) is 3. The Morgan fingerprint density at radius 3 is 2.07 bits per heavy atom. The molecule has 44 heavy (non-hydrogen) atoms. The van der Waals surface area contributed by atoms with Crippen LogP contribution in [0.2, 0.25) is 0 Å². The Morgan fingerprint density at radius 1 is 0.932 bits per heavy atom. The average Bonchev–Trinajstić information content (AvgIpc) is 3.35. The maximum Gasteiger partial charge on any atom is 0.306 e. The van der Waals surface area contributed by atoms with Gasteiger partial charge in [0.1, 0.15) is 23.9 Å². The molecular formula is C36H56O8. The van der Waals surface area contributed by atoms with E-state index in [9.17, 15) is 29.7 Å². The summed E-state index contributed by atoms with van der Waals surface area (Å²) in [6.45, 7) is 10.6. The summed E-state index contributed by atoms with van der Waals surface area (Å²) in [4.78, 5) is 38.2. The topological polar surface area (TPSA) is 130 Å². The maximum absolute atomic E-state index is 13.3. The molecule has 3 N–H and O–H groups in total. The SMILES string of the molecule is CCCCCCCCCCCCCC(=O)O[C@@H]1[C@@H](C)[C@@]2(O)[C@@H](C=C(COC(C)=O)C[C@]3(O)C(=O)C(C)=C[C@@H]23)[C@@H]2C(C)(C)[C@]12O. The van der Waals surface area contributed by atoms with Crippen LogP contribution in [0.3, 0.4) is 0 Å². The fraction of sp³-hybridized carbons (Fsp3) is 0.806. The molecule has 8 heteroatoms. The summed E-state index contributed by atoms with van der Waals surface area (Å²) in [5, 5.41) is 36.7. The van der Waals surface area contributed by atoms with Crippen LogP contribution in [0.1, 0.15) is 125 Å². The van der Waals surface area contributed by atoms with E-state index in [1.165, 1.54) is 51.9 Å². The van der Waals surface area contributed by atoms with Gasteiger partial charge in [0.2, 0.25) is 0 Å². The summed E-state index contributed by atoms with van der Waals surface area (Å²) >= 11 is 0. The molecule has 8 atom stereocenters. The van der Waals surface area contributed by atoms with Crippen molar-refractivity contribution in [2.75, 3.05) is 6.61 Å². The van der Waals surface area contributed by atoms with Crippen molar-refractivity contribution >= 4 is 17.7 Å². The molecule has 0 saturated heterocycles. The molecular weight excluding hydrogens is 560 g/mol. The lowest BCUT2D eigenvalue weighted by atomic mass is 9.59. The highest BCUT2D eigenvalue weighted by Gasteiger charge is 2.85. The van der Waals surface area contributed by atoms with Crippen molar-refractivity contribution in [1.82, 2.24) is 0 Å². The van der Waals surface area contributed by atoms with Gasteiger partial charge in [0.05, 0.1) is 5.60 Å². The van der Waals surface area contributed by atoms with E-state index in [4.69, 9.17) is 9.47 Å². The first-order valence-corrected chi connectivity index (χ1v) is 17.1. The summed E-state index contributed by atoms with van der Waals surface area (Å²) in [6.07, 6.45) is 15.4. The second-order valence-corrected chi connectivity index (χ2v) is 14.8. The number of ether oxygens (including phenoxy) is 2. The molecule has 0 aromatic heterocycles. The van der Waals surface area contributed by atoms with Gasteiger partial charge < -0.3 is 24.8 Å². The van der Waals surface area contributed by atoms with Crippen LogP contribution in [0.25, 0.3) is 0 Å². The molecule has 0 spiro atoms. The number of ketones is 1. The van der Waals surface area contributed by atoms with Gasteiger partial charge in [0.25, 0.3) is 0 Å². The van der Waals surface area contributed by atoms with Crippen molar-refractivity contribution in [1.29, 1.82) is 0 Å². The normalized spacial score (nSPS) is 36.8. The summed E-state index contributed by atoms with van der Waals surface area (Å²) in [7, 11) is 0. The Hall–Kier alpha value is -2.03. The van der Waals surface area contributed by atoms with Crippen LogP contribution in [0, 0.1) is 29.1 Å². The number of rotatable bonds is 15. The Balaban J connectivity index is 1.46. The van der Waals surface area contributed by atoms with Gasteiger partial charge in [-0.2, -0.15) is 0 Å². The molecule has 4 aliphatic carbocycles. The molecule has 4 rings (SSSR count). The highest BCUT2D eigenvalue weighted by molar-refractivity contribution is 6.04. The van der Waals surface area contributed by atoms with Crippen molar-refractivity contribution in [3.05, 3.63) is 23.3 Å². The van der Waals surface area contributed by atoms with Gasteiger partial charge in [-0.25, -0.2) is 0 Å². The Labute approximate surface area is 263 Å². The molecule has 0 amide bonds. The number of fused-ring (bicyclic) bond motifs is 5. The predicted molar refractivity (Wildman–Crippen MR) is 167 cm³/mol. The third kappa shape index (κ3) is 6.07. The first-order valence-electron chi connectivity index (χ1n) is 17.1. The molecule has 2 fully saturated rings. The fourth-order valence-corrected chi connectivity index (χ4v) is 8.93. The van der Waals surface area contributed by atoms with E-state index in [1.54, 1.807) is 26.0 Å². The quantitative estimate of drug-likeness (QED) is 0.120. The van der Waals surface area contributed by atoms with Crippen LogP contribution in [-0.2, 0) is 23.9 Å². The van der Waals surface area contributed by atoms with Crippen LogP contribution in [0.4, 0.5) is 0 Å². The summed E-state index contributed by atoms with van der Waals surface area (Å²) in [5.74, 6) is -4.33. The van der Waals surface area contributed by atoms with Crippen molar-refractivity contribution in [2.24, 2.45) is 29.1 Å². The number of unbranched alkanes of at least 4 members (excludes halogenated alkanes) is 10. The van der Waals surface area contributed by atoms with Crippen LogP contribution in [0.15, 0.2) is 23.3 Å². The second-order valence-electron chi connectivity index (χ2n) is 14.8. The highest BCUT2D eigenvalue weighted by atomic mass is 16.6. The van der Waals surface area contributed by atoms with Crippen LogP contribution in [0.5, 0.6) is 0 Å². The van der Waals surface area contributed by atoms with Crippen LogP contribution in [-0.4, -0.2) is 62.6 Å². The van der Waals surface area contributed by atoms with E-state index in [1.807, 2.05) is 13.8 Å². The number of carbonyl (C=O) groups excluding carboxylic acids is 3. The molecule has 0 bridgehead atoms. The number of Topliss-reactive ketones (excluding diaryl/α,β-unsaturated/α-hetero) is 1. The largest absolute Gasteiger partial charge is 0.461 e. The lowest BCUT2D eigenvalue weighted by Gasteiger charge is -2.52. The first-order chi connectivity index (χ1) is 20.7. The van der Waals surface area contributed by atoms with Gasteiger partial charge in [-0.15, -0.1) is 0 Å². The molecule has 0 unspecified atom stereocenters. The molecule has 0 aromatic rings. The smallest absolute Gasteiger partial charge is 0.306 e. The minimum Gasteiger partial charge on any atom is -0.461 e. The van der Waals surface area contributed by atoms with E-state index < -0.39 is 69.7 Å². The lowest BCUT2D eigenvalue weighted by molar-refractivity contribution is -0.221. The van der Waals surface area contributed by atoms with Gasteiger partial charge in [0.15, 0.2) is 5.78 Å². The average molecular weight is 617 g/mol. The van der Waals surface area contributed by atoms with Crippen molar-refractivity contribution in [3.63, 3.8) is 0 Å². The van der Waals surface area contributed by atoms with Gasteiger partial charge >= 0.3 is 11.9 Å².